The molecule has 0 aromatic heterocycles. The van der Waals surface area contributed by atoms with Gasteiger partial charge in [-0.3, -0.25) is 9.44 Å². The molecule has 0 fully saturated rings. The van der Waals surface area contributed by atoms with Gasteiger partial charge in [-0.2, -0.15) is 0 Å². The summed E-state index contributed by atoms with van der Waals surface area (Å²) in [6, 6.07) is 19.8. The van der Waals surface area contributed by atoms with E-state index in [1.807, 2.05) is 0 Å². The molecule has 33 heavy (non-hydrogen) atoms. The first-order valence-electron chi connectivity index (χ1n) is 9.38. The van der Waals surface area contributed by atoms with Crippen LogP contribution < -0.4 is 9.44 Å². The van der Waals surface area contributed by atoms with Crippen LogP contribution in [0.25, 0.3) is 10.8 Å². The van der Waals surface area contributed by atoms with Gasteiger partial charge in [-0.15, -0.1) is 0 Å². The number of hydrogen-bond donors (Lipinski definition) is 3. The fourth-order valence-electron chi connectivity index (χ4n) is 3.15. The fraction of sp³-hybridized carbons (Fsp3) is 0. The average molecular weight is 612 g/mol. The number of nitrogens with one attached hydrogen (secondary N) is 2. The van der Waals surface area contributed by atoms with E-state index in [-0.39, 0.29) is 26.6 Å². The van der Waals surface area contributed by atoms with Crippen LogP contribution in [0, 0.1) is 0 Å². The van der Waals surface area contributed by atoms with Crippen LogP contribution in [-0.4, -0.2) is 21.9 Å². The van der Waals surface area contributed by atoms with E-state index in [2.05, 4.69) is 41.3 Å². The quantitative estimate of drug-likeness (QED) is 0.260. The molecule has 0 spiro atoms. The molecule has 0 radical (unpaired) electrons. The van der Waals surface area contributed by atoms with Crippen molar-refractivity contribution in [3.63, 3.8) is 0 Å². The van der Waals surface area contributed by atoms with Crippen LogP contribution >= 0.6 is 31.9 Å². The topological polar surface area (TPSA) is 113 Å². The number of phenolic OH excluding ortho intramolecular Hbond substituents is 1. The highest BCUT2D eigenvalue weighted by Crippen LogP contribution is 2.33. The Morgan fingerprint density at radius 2 is 1.21 bits per heavy atom. The molecule has 0 saturated carbocycles. The maximum atomic E-state index is 13.3. The van der Waals surface area contributed by atoms with Gasteiger partial charge >= 0.3 is 0 Å². The number of anilines is 2. The van der Waals surface area contributed by atoms with E-state index in [0.29, 0.717) is 20.0 Å². The molecule has 4 aromatic carbocycles. The molecular weight excluding hydrogens is 596 g/mol. The number of aromatic hydroxyl groups is 1. The number of halogens is 2. The second kappa shape index (κ2) is 8.98. The fourth-order valence-corrected chi connectivity index (χ4v) is 6.73. The Labute approximate surface area is 207 Å². The van der Waals surface area contributed by atoms with Crippen molar-refractivity contribution in [1.82, 2.24) is 0 Å². The van der Waals surface area contributed by atoms with Crippen LogP contribution in [0.2, 0.25) is 0 Å². The lowest BCUT2D eigenvalue weighted by molar-refractivity contribution is 0.476. The third-order valence-corrected chi connectivity index (χ3v) is 8.84. The maximum absolute atomic E-state index is 13.3. The smallest absolute Gasteiger partial charge is 0.262 e. The van der Waals surface area contributed by atoms with E-state index in [1.54, 1.807) is 48.5 Å². The molecule has 0 aliphatic heterocycles. The maximum Gasteiger partial charge on any atom is 0.262 e. The first kappa shape index (κ1) is 23.6. The molecular formula is C22H16Br2N2O5S2. The summed E-state index contributed by atoms with van der Waals surface area (Å²) in [7, 11) is -8.38. The van der Waals surface area contributed by atoms with Crippen LogP contribution in [0.1, 0.15) is 0 Å². The molecule has 0 atom stereocenters. The SMILES string of the molecule is O=S(=O)(Nc1ccccc1Br)c1cc(S(=O)(=O)Nc2ccccc2Br)c2cc(O)ccc2c1. The molecule has 0 bridgehead atoms. The lowest BCUT2D eigenvalue weighted by Crippen LogP contribution is -2.17. The van der Waals surface area contributed by atoms with E-state index in [0.717, 1.165) is 6.07 Å². The molecule has 11 heteroatoms. The van der Waals surface area contributed by atoms with E-state index < -0.39 is 20.0 Å². The molecule has 0 aliphatic rings. The van der Waals surface area contributed by atoms with Crippen LogP contribution in [-0.2, 0) is 20.0 Å². The second-order valence-electron chi connectivity index (χ2n) is 7.00. The van der Waals surface area contributed by atoms with Crippen LogP contribution in [0.4, 0.5) is 11.4 Å². The summed E-state index contributed by atoms with van der Waals surface area (Å²) in [4.78, 5) is -0.539. The summed E-state index contributed by atoms with van der Waals surface area (Å²) in [5.41, 5.74) is 0.587. The molecule has 170 valence electrons. The normalized spacial score (nSPS) is 11.9. The first-order chi connectivity index (χ1) is 15.6. The highest BCUT2D eigenvalue weighted by molar-refractivity contribution is 9.11. The van der Waals surface area contributed by atoms with Gasteiger partial charge in [-0.05, 0) is 85.8 Å². The highest BCUT2D eigenvalue weighted by atomic mass is 79.9. The van der Waals surface area contributed by atoms with Crippen LogP contribution in [0.5, 0.6) is 5.75 Å². The molecule has 3 N–H and O–H groups in total. The number of fused-ring (bicyclic) bond motifs is 1. The van der Waals surface area contributed by atoms with Crippen molar-refractivity contribution in [3.8, 4) is 5.75 Å². The van der Waals surface area contributed by atoms with E-state index >= 15 is 0 Å². The minimum absolute atomic E-state index is 0.151. The Kier molecular flexibility index (Phi) is 6.41. The standard InChI is InChI=1S/C22H16Br2N2O5S2/c23-18-5-1-3-7-20(18)25-32(28,29)16-11-14-9-10-15(27)12-17(14)22(13-16)33(30,31)26-21-8-4-2-6-19(21)24/h1-13,25-27H. The predicted octanol–water partition coefficient (Wildman–Crippen LogP) is 5.67. The third-order valence-electron chi connectivity index (χ3n) is 4.71. The summed E-state index contributed by atoms with van der Waals surface area (Å²) in [6.07, 6.45) is 0. The van der Waals surface area contributed by atoms with Gasteiger partial charge in [0.2, 0.25) is 0 Å². The summed E-state index contributed by atoms with van der Waals surface area (Å²) in [5.74, 6) is -0.151. The zero-order valence-electron chi connectivity index (χ0n) is 16.7. The lowest BCUT2D eigenvalue weighted by Gasteiger charge is -2.15. The van der Waals surface area contributed by atoms with Crippen molar-refractivity contribution in [1.29, 1.82) is 0 Å². The highest BCUT2D eigenvalue weighted by Gasteiger charge is 2.24. The van der Waals surface area contributed by atoms with Crippen molar-refractivity contribution < 1.29 is 21.9 Å². The lowest BCUT2D eigenvalue weighted by atomic mass is 10.1. The monoisotopic (exact) mass is 610 g/mol. The Hall–Kier alpha value is -2.60. The van der Waals surface area contributed by atoms with Gasteiger partial charge in [0.15, 0.2) is 0 Å². The molecule has 7 nitrogen and oxygen atoms in total. The van der Waals surface area contributed by atoms with E-state index in [1.165, 1.54) is 24.3 Å². The zero-order chi connectivity index (χ0) is 23.8. The Bertz CT molecular complexity index is 1590. The Morgan fingerprint density at radius 1 is 0.667 bits per heavy atom. The van der Waals surface area contributed by atoms with Crippen molar-refractivity contribution in [2.24, 2.45) is 0 Å². The molecule has 0 aliphatic carbocycles. The van der Waals surface area contributed by atoms with Gasteiger partial charge in [-0.1, -0.05) is 30.3 Å². The van der Waals surface area contributed by atoms with Gasteiger partial charge in [0.1, 0.15) is 5.75 Å². The molecule has 0 amide bonds. The van der Waals surface area contributed by atoms with Gasteiger partial charge < -0.3 is 5.11 Å². The predicted molar refractivity (Wildman–Crippen MR) is 136 cm³/mol. The number of phenols is 1. The first-order valence-corrected chi connectivity index (χ1v) is 13.9. The number of hydrogen-bond acceptors (Lipinski definition) is 5. The number of rotatable bonds is 6. The van der Waals surface area contributed by atoms with Gasteiger partial charge in [-0.25, -0.2) is 16.8 Å². The summed E-state index contributed by atoms with van der Waals surface area (Å²) in [6.45, 7) is 0. The largest absolute Gasteiger partial charge is 0.508 e. The van der Waals surface area contributed by atoms with Gasteiger partial charge in [0.05, 0.1) is 21.2 Å². The molecule has 0 unspecified atom stereocenters. The molecule has 0 heterocycles. The van der Waals surface area contributed by atoms with Gasteiger partial charge in [0, 0.05) is 14.3 Å². The Balaban J connectivity index is 1.88. The Morgan fingerprint density at radius 3 is 1.79 bits per heavy atom. The van der Waals surface area contributed by atoms with E-state index in [4.69, 9.17) is 0 Å². The number of para-hydroxylation sites is 2. The van der Waals surface area contributed by atoms with Crippen molar-refractivity contribution in [2.45, 2.75) is 9.79 Å². The summed E-state index contributed by atoms with van der Waals surface area (Å²) in [5, 5.41) is 10.5. The summed E-state index contributed by atoms with van der Waals surface area (Å²) >= 11 is 6.59. The minimum atomic E-state index is -4.24. The van der Waals surface area contributed by atoms with Gasteiger partial charge in [0.25, 0.3) is 20.0 Å². The second-order valence-corrected chi connectivity index (χ2v) is 12.0. The van der Waals surface area contributed by atoms with E-state index in [9.17, 15) is 21.9 Å². The van der Waals surface area contributed by atoms with Crippen molar-refractivity contribution in [2.75, 3.05) is 9.44 Å². The summed E-state index contributed by atoms with van der Waals surface area (Å²) < 4.78 is 59.0. The molecule has 4 rings (SSSR count). The van der Waals surface area contributed by atoms with Crippen molar-refractivity contribution >= 4 is 74.1 Å². The number of sulfonamides is 2. The average Bonchev–Trinajstić information content (AvgIpc) is 2.76. The van der Waals surface area contributed by atoms with Crippen LogP contribution in [0.3, 0.4) is 0 Å². The number of benzene rings is 4. The van der Waals surface area contributed by atoms with Crippen molar-refractivity contribution in [3.05, 3.63) is 87.8 Å². The minimum Gasteiger partial charge on any atom is -0.508 e. The molecule has 0 saturated heterocycles. The van der Waals surface area contributed by atoms with Crippen LogP contribution in [0.15, 0.2) is 97.6 Å². The third kappa shape index (κ3) is 5.01. The molecule has 4 aromatic rings. The zero-order valence-corrected chi connectivity index (χ0v) is 21.5.